The van der Waals surface area contributed by atoms with E-state index in [1.807, 2.05) is 6.07 Å². The molecule has 0 aromatic carbocycles. The summed E-state index contributed by atoms with van der Waals surface area (Å²) in [6.07, 6.45) is 4.46. The van der Waals surface area contributed by atoms with Crippen molar-refractivity contribution < 1.29 is 9.53 Å². The molecule has 1 aromatic rings. The molecule has 0 N–H and O–H groups in total. The van der Waals surface area contributed by atoms with Gasteiger partial charge in [0.25, 0.3) is 0 Å². The molecule has 1 aromatic heterocycles. The third-order valence-electron chi connectivity index (χ3n) is 1.82. The Morgan fingerprint density at radius 2 is 2.41 bits per heavy atom. The van der Waals surface area contributed by atoms with E-state index in [1.165, 1.54) is 17.1 Å². The van der Waals surface area contributed by atoms with Gasteiger partial charge in [-0.3, -0.25) is 0 Å². The summed E-state index contributed by atoms with van der Waals surface area (Å²) in [6.45, 7) is 2.02. The van der Waals surface area contributed by atoms with Gasteiger partial charge in [-0.15, -0.1) is 0 Å². The molecule has 0 aliphatic heterocycles. The van der Waals surface area contributed by atoms with Crippen LogP contribution in [0.2, 0.25) is 0 Å². The zero-order valence-corrected chi connectivity index (χ0v) is 10.0. The first kappa shape index (κ1) is 12.8. The van der Waals surface area contributed by atoms with E-state index in [-0.39, 0.29) is 12.3 Å². The van der Waals surface area contributed by atoms with E-state index in [9.17, 15) is 4.79 Å². The van der Waals surface area contributed by atoms with Crippen molar-refractivity contribution in [3.63, 3.8) is 0 Å². The Hall–Kier alpha value is -2.29. The van der Waals surface area contributed by atoms with Crippen LogP contribution in [0.25, 0.3) is 5.70 Å². The average Bonchev–Trinajstić information content (AvgIpc) is 2.74. The maximum absolute atomic E-state index is 11.7. The summed E-state index contributed by atoms with van der Waals surface area (Å²) in [4.78, 5) is 13.4. The van der Waals surface area contributed by atoms with Crippen LogP contribution in [0.3, 0.4) is 0 Å². The van der Waals surface area contributed by atoms with Gasteiger partial charge in [0.15, 0.2) is 5.70 Å². The van der Waals surface area contributed by atoms with Crippen LogP contribution in [0, 0.1) is 11.3 Å². The maximum Gasteiger partial charge on any atom is 0.358 e. The highest BCUT2D eigenvalue weighted by Gasteiger charge is 2.14. The summed E-state index contributed by atoms with van der Waals surface area (Å²) in [5, 5.41) is 12.6. The number of nitriles is 1. The first-order valence-electron chi connectivity index (χ1n) is 5.09. The molecule has 0 atom stereocenters. The number of carbonyl (C=O) groups is 1. The first-order chi connectivity index (χ1) is 8.08. The second kappa shape index (κ2) is 5.70. The fraction of sp³-hybridized carbons (Fsp3) is 0.364. The van der Waals surface area contributed by atoms with E-state index in [0.29, 0.717) is 5.56 Å². The Morgan fingerprint density at radius 3 is 2.88 bits per heavy atom. The van der Waals surface area contributed by atoms with E-state index in [1.54, 1.807) is 32.1 Å². The zero-order chi connectivity index (χ0) is 12.8. The Morgan fingerprint density at radius 1 is 1.71 bits per heavy atom. The van der Waals surface area contributed by atoms with E-state index < -0.39 is 5.97 Å². The van der Waals surface area contributed by atoms with Gasteiger partial charge in [-0.1, -0.05) is 0 Å². The van der Waals surface area contributed by atoms with Crippen LogP contribution >= 0.6 is 0 Å². The Bertz CT molecular complexity index is 468. The van der Waals surface area contributed by atoms with E-state index >= 15 is 0 Å². The molecule has 90 valence electrons. The number of aromatic nitrogens is 2. The van der Waals surface area contributed by atoms with Crippen molar-refractivity contribution in [3.05, 3.63) is 24.2 Å². The van der Waals surface area contributed by atoms with E-state index in [4.69, 9.17) is 10.00 Å². The van der Waals surface area contributed by atoms with Crippen molar-refractivity contribution >= 4 is 11.7 Å². The number of carbonyl (C=O) groups excluding carboxylic acids is 1. The molecule has 1 rings (SSSR count). The van der Waals surface area contributed by atoms with Crippen LogP contribution in [-0.4, -0.2) is 41.4 Å². The van der Waals surface area contributed by atoms with Crippen molar-refractivity contribution in [1.29, 1.82) is 5.26 Å². The van der Waals surface area contributed by atoms with Crippen LogP contribution in [0.1, 0.15) is 12.5 Å². The summed E-state index contributed by atoms with van der Waals surface area (Å²) >= 11 is 0. The van der Waals surface area contributed by atoms with Gasteiger partial charge in [0.05, 0.1) is 18.4 Å². The topological polar surface area (TPSA) is 71.2 Å². The molecule has 6 nitrogen and oxygen atoms in total. The van der Waals surface area contributed by atoms with Crippen LogP contribution < -0.4 is 0 Å². The smallest absolute Gasteiger partial charge is 0.358 e. The summed E-state index contributed by atoms with van der Waals surface area (Å²) in [5.74, 6) is -0.478. The van der Waals surface area contributed by atoms with Crippen LogP contribution in [-0.2, 0) is 9.53 Å². The summed E-state index contributed by atoms with van der Waals surface area (Å²) in [6, 6.07) is 1.95. The molecule has 1 heterocycles. The Kier molecular flexibility index (Phi) is 4.29. The minimum absolute atomic E-state index is 0.262. The van der Waals surface area contributed by atoms with Gasteiger partial charge in [-0.25, -0.2) is 9.48 Å². The summed E-state index contributed by atoms with van der Waals surface area (Å²) in [7, 11) is 3.57. The zero-order valence-electron chi connectivity index (χ0n) is 10.0. The largest absolute Gasteiger partial charge is 0.461 e. The Balaban J connectivity index is 3.07. The monoisotopic (exact) mass is 234 g/mol. The first-order valence-corrected chi connectivity index (χ1v) is 5.09. The molecule has 0 saturated heterocycles. The molecule has 0 unspecified atom stereocenters. The summed E-state index contributed by atoms with van der Waals surface area (Å²) < 4.78 is 6.25. The van der Waals surface area contributed by atoms with Gasteiger partial charge in [0.2, 0.25) is 0 Å². The van der Waals surface area contributed by atoms with Crippen molar-refractivity contribution in [2.75, 3.05) is 20.7 Å². The molecule has 6 heteroatoms. The molecule has 0 saturated carbocycles. The van der Waals surface area contributed by atoms with Crippen LogP contribution in [0.5, 0.6) is 0 Å². The molecule has 0 bridgehead atoms. The van der Waals surface area contributed by atoms with Gasteiger partial charge in [0, 0.05) is 26.5 Å². The highest BCUT2D eigenvalue weighted by molar-refractivity contribution is 6.09. The van der Waals surface area contributed by atoms with Crippen molar-refractivity contribution in [2.24, 2.45) is 0 Å². The van der Waals surface area contributed by atoms with Gasteiger partial charge in [-0.2, -0.15) is 10.4 Å². The fourth-order valence-corrected chi connectivity index (χ4v) is 1.17. The quantitative estimate of drug-likeness (QED) is 0.566. The molecular formula is C11H14N4O2. The SMILES string of the molecule is CCOC(=O)/C(=C\N(C)C)n1cc(C#N)cn1. The van der Waals surface area contributed by atoms with E-state index in [0.717, 1.165) is 0 Å². The van der Waals surface area contributed by atoms with Crippen LogP contribution in [0.4, 0.5) is 0 Å². The highest BCUT2D eigenvalue weighted by atomic mass is 16.5. The molecule has 17 heavy (non-hydrogen) atoms. The predicted octanol–water partition coefficient (Wildman–Crippen LogP) is 0.678. The maximum atomic E-state index is 11.7. The van der Waals surface area contributed by atoms with Gasteiger partial charge in [0.1, 0.15) is 6.07 Å². The normalized spacial score (nSPS) is 10.8. The molecule has 0 spiro atoms. The molecule has 0 amide bonds. The fourth-order valence-electron chi connectivity index (χ4n) is 1.17. The lowest BCUT2D eigenvalue weighted by Gasteiger charge is -2.10. The number of hydrogen-bond acceptors (Lipinski definition) is 5. The number of rotatable bonds is 4. The lowest BCUT2D eigenvalue weighted by atomic mass is 10.4. The van der Waals surface area contributed by atoms with E-state index in [2.05, 4.69) is 5.10 Å². The lowest BCUT2D eigenvalue weighted by Crippen LogP contribution is -2.16. The minimum atomic E-state index is -0.478. The number of esters is 1. The molecule has 0 radical (unpaired) electrons. The molecule has 0 aliphatic carbocycles. The third-order valence-corrected chi connectivity index (χ3v) is 1.82. The average molecular weight is 234 g/mol. The minimum Gasteiger partial charge on any atom is -0.461 e. The molecule has 0 aliphatic rings. The van der Waals surface area contributed by atoms with Crippen molar-refractivity contribution in [1.82, 2.24) is 14.7 Å². The standard InChI is InChI=1S/C11H14N4O2/c1-4-17-11(16)10(8-14(2)3)15-7-9(5-12)6-13-15/h6-8H,4H2,1-3H3/b10-8+. The van der Waals surface area contributed by atoms with Crippen molar-refractivity contribution in [2.45, 2.75) is 6.92 Å². The van der Waals surface area contributed by atoms with Gasteiger partial charge >= 0.3 is 5.97 Å². The predicted molar refractivity (Wildman–Crippen MR) is 61.5 cm³/mol. The number of hydrogen-bond donors (Lipinski definition) is 0. The number of ether oxygens (including phenoxy) is 1. The second-order valence-corrected chi connectivity index (χ2v) is 3.48. The highest BCUT2D eigenvalue weighted by Crippen LogP contribution is 2.08. The number of nitrogens with zero attached hydrogens (tertiary/aromatic N) is 4. The molecular weight excluding hydrogens is 220 g/mol. The van der Waals surface area contributed by atoms with Crippen LogP contribution in [0.15, 0.2) is 18.6 Å². The van der Waals surface area contributed by atoms with Gasteiger partial charge < -0.3 is 9.64 Å². The summed E-state index contributed by atoms with van der Waals surface area (Å²) in [5.41, 5.74) is 0.650. The lowest BCUT2D eigenvalue weighted by molar-refractivity contribution is -0.136. The third kappa shape index (κ3) is 3.34. The second-order valence-electron chi connectivity index (χ2n) is 3.48. The molecule has 0 fully saturated rings. The van der Waals surface area contributed by atoms with Crippen molar-refractivity contribution in [3.8, 4) is 6.07 Å². The van der Waals surface area contributed by atoms with Gasteiger partial charge in [-0.05, 0) is 6.92 Å². The Labute approximate surface area is 99.7 Å².